The van der Waals surface area contributed by atoms with E-state index in [9.17, 15) is 26.4 Å². The summed E-state index contributed by atoms with van der Waals surface area (Å²) in [7, 11) is -3.11. The summed E-state index contributed by atoms with van der Waals surface area (Å²) in [5.74, 6) is 1.48. The van der Waals surface area contributed by atoms with Gasteiger partial charge in [-0.3, -0.25) is 0 Å². The van der Waals surface area contributed by atoms with E-state index in [0.29, 0.717) is 0 Å². The number of sulfonamides is 1. The summed E-state index contributed by atoms with van der Waals surface area (Å²) in [4.78, 5) is 20.6. The third kappa shape index (κ3) is 6.61. The fourth-order valence-electron chi connectivity index (χ4n) is 2.10. The van der Waals surface area contributed by atoms with Crippen molar-refractivity contribution in [2.24, 2.45) is 5.14 Å². The van der Waals surface area contributed by atoms with Crippen molar-refractivity contribution in [3.05, 3.63) is 56.6 Å². The first-order valence-corrected chi connectivity index (χ1v) is 12.2. The Morgan fingerprint density at radius 1 is 0.812 bits per heavy atom. The van der Waals surface area contributed by atoms with E-state index in [1.165, 1.54) is 0 Å². The Hall–Kier alpha value is -2.77. The highest BCUT2D eigenvalue weighted by molar-refractivity contribution is 8.13. The van der Waals surface area contributed by atoms with E-state index in [4.69, 9.17) is 62.1 Å². The van der Waals surface area contributed by atoms with Crippen molar-refractivity contribution >= 4 is 64.9 Å². The summed E-state index contributed by atoms with van der Waals surface area (Å²) in [5.41, 5.74) is -0.700. The molecule has 0 aromatic heterocycles. The molecule has 0 aliphatic carbocycles. The van der Waals surface area contributed by atoms with Gasteiger partial charge in [0.25, 0.3) is 9.05 Å². The number of carboxylic acids is 2. The Labute approximate surface area is 197 Å². The summed E-state index contributed by atoms with van der Waals surface area (Å²) >= 11 is 11.2. The van der Waals surface area contributed by atoms with E-state index in [2.05, 4.69) is 11.8 Å². The molecule has 4 N–H and O–H groups in total. The van der Waals surface area contributed by atoms with Gasteiger partial charge in [-0.2, -0.15) is 0 Å². The second kappa shape index (κ2) is 10.2. The zero-order valence-electron chi connectivity index (χ0n) is 15.3. The number of rotatable bonds is 4. The van der Waals surface area contributed by atoms with Gasteiger partial charge in [0.2, 0.25) is 10.0 Å². The third-order valence-corrected chi connectivity index (χ3v) is 6.65. The summed E-state index contributed by atoms with van der Waals surface area (Å²) < 4.78 is 44.3. The lowest BCUT2D eigenvalue weighted by molar-refractivity contribution is 0.0685. The monoisotopic (exact) mass is 537 g/mol. The number of aromatic carboxylic acids is 2. The number of hydrogen-bond donors (Lipinski definition) is 3. The van der Waals surface area contributed by atoms with Crippen LogP contribution in [0.4, 0.5) is 0 Å². The van der Waals surface area contributed by atoms with Crippen LogP contribution in [-0.4, -0.2) is 39.0 Å². The van der Waals surface area contributed by atoms with Crippen molar-refractivity contribution < 1.29 is 36.6 Å². The van der Waals surface area contributed by atoms with Crippen LogP contribution in [0.25, 0.3) is 0 Å². The molecule has 0 amide bonds. The van der Waals surface area contributed by atoms with Gasteiger partial charge in [0.05, 0.1) is 21.2 Å². The Balaban J connectivity index is 0.000000320. The number of carbonyl (C=O) groups is 2. The number of hydrogen-bond acceptors (Lipinski definition) is 6. The number of primary sulfonamides is 1. The zero-order valence-corrected chi connectivity index (χ0v) is 19.2. The average Bonchev–Trinajstić information content (AvgIpc) is 2.65. The molecule has 0 aliphatic heterocycles. The number of halogens is 3. The Bertz CT molecular complexity index is 1310. The number of nitrogens with two attached hydrogens (primary N) is 1. The number of benzene rings is 2. The quantitative estimate of drug-likeness (QED) is 0.394. The second-order valence-electron chi connectivity index (χ2n) is 5.54. The van der Waals surface area contributed by atoms with Crippen LogP contribution in [0.2, 0.25) is 10.0 Å². The molecular weight excluding hydrogens is 529 g/mol. The molecule has 0 bridgehead atoms. The van der Waals surface area contributed by atoms with Gasteiger partial charge in [-0.1, -0.05) is 35.0 Å². The van der Waals surface area contributed by atoms with Crippen LogP contribution in [0.3, 0.4) is 0 Å². The van der Waals surface area contributed by atoms with Crippen LogP contribution in [-0.2, 0) is 19.1 Å². The van der Waals surface area contributed by atoms with E-state index < -0.39 is 40.8 Å². The summed E-state index contributed by atoms with van der Waals surface area (Å²) in [6, 6.07) is 3.82. The van der Waals surface area contributed by atoms with Crippen molar-refractivity contribution in [1.82, 2.24) is 0 Å². The van der Waals surface area contributed by atoms with E-state index in [1.807, 2.05) is 0 Å². The molecule has 0 unspecified atom stereocenters. The number of terminal acetylenes is 2. The minimum Gasteiger partial charge on any atom is -0.478 e. The largest absolute Gasteiger partial charge is 0.478 e. The summed E-state index contributed by atoms with van der Waals surface area (Å²) in [6.07, 6.45) is 10.1. The summed E-state index contributed by atoms with van der Waals surface area (Å²) in [5, 5.41) is 22.0. The highest BCUT2D eigenvalue weighted by Crippen LogP contribution is 2.28. The predicted molar refractivity (Wildman–Crippen MR) is 117 cm³/mol. The van der Waals surface area contributed by atoms with Crippen molar-refractivity contribution in [2.75, 3.05) is 0 Å². The molecule has 0 heterocycles. The van der Waals surface area contributed by atoms with Gasteiger partial charge in [0.1, 0.15) is 9.79 Å². The van der Waals surface area contributed by atoms with Crippen LogP contribution in [0.15, 0.2) is 34.1 Å². The molecule has 0 atom stereocenters. The van der Waals surface area contributed by atoms with Crippen molar-refractivity contribution in [3.63, 3.8) is 0 Å². The molecule has 32 heavy (non-hydrogen) atoms. The Morgan fingerprint density at radius 3 is 1.44 bits per heavy atom. The average molecular weight is 539 g/mol. The molecule has 168 valence electrons. The summed E-state index contributed by atoms with van der Waals surface area (Å²) in [6.45, 7) is 0. The molecule has 0 saturated carbocycles. The molecular formula is C18H10Cl3NO8S2. The van der Waals surface area contributed by atoms with E-state index >= 15 is 0 Å². The van der Waals surface area contributed by atoms with Gasteiger partial charge >= 0.3 is 11.9 Å². The minimum absolute atomic E-state index is 0.00935. The highest BCUT2D eigenvalue weighted by Gasteiger charge is 2.21. The van der Waals surface area contributed by atoms with E-state index in [-0.39, 0.29) is 32.3 Å². The lowest BCUT2D eigenvalue weighted by Gasteiger charge is -2.05. The van der Waals surface area contributed by atoms with Crippen molar-refractivity contribution in [3.8, 4) is 24.7 Å². The second-order valence-corrected chi connectivity index (χ2v) is 10.4. The molecule has 14 heteroatoms. The van der Waals surface area contributed by atoms with Crippen LogP contribution < -0.4 is 5.14 Å². The lowest BCUT2D eigenvalue weighted by Crippen LogP contribution is -2.14. The van der Waals surface area contributed by atoms with Gasteiger partial charge in [0.15, 0.2) is 0 Å². The molecule has 9 nitrogen and oxygen atoms in total. The minimum atomic E-state index is -4.11. The van der Waals surface area contributed by atoms with Crippen molar-refractivity contribution in [2.45, 2.75) is 9.79 Å². The SMILES string of the molecule is C#Cc1cc(Cl)c(S(=O)(=O)Cl)cc1C(=O)O.C#Cc1cc(Cl)c(S(N)(=O)=O)cc1C(=O)O. The Kier molecular flexibility index (Phi) is 8.72. The van der Waals surface area contributed by atoms with E-state index in [1.54, 1.807) is 0 Å². The standard InChI is InChI=1S/C9H4Cl2O4S.C9H6ClNO4S/c2*1-2-5-3-7(10)8(16(11,14)15)4-6(5)9(12)13/h1,3-4H,(H,12,13);1,3-4H,(H,12,13)(H2,11,14,15). The molecule has 0 aliphatic rings. The third-order valence-electron chi connectivity index (χ3n) is 3.49. The Morgan fingerprint density at radius 2 is 1.16 bits per heavy atom. The first-order chi connectivity index (χ1) is 14.5. The maximum absolute atomic E-state index is 11.1. The first-order valence-electron chi connectivity index (χ1n) is 7.59. The van der Waals surface area contributed by atoms with Crippen LogP contribution >= 0.6 is 33.9 Å². The van der Waals surface area contributed by atoms with Crippen LogP contribution in [0.1, 0.15) is 31.8 Å². The predicted octanol–water partition coefficient (Wildman–Crippen LogP) is 2.61. The molecule has 0 radical (unpaired) electrons. The zero-order chi connectivity index (χ0) is 25.0. The van der Waals surface area contributed by atoms with Gasteiger partial charge < -0.3 is 10.2 Å². The van der Waals surface area contributed by atoms with Crippen molar-refractivity contribution in [1.29, 1.82) is 0 Å². The van der Waals surface area contributed by atoms with Gasteiger partial charge in [-0.15, -0.1) is 12.8 Å². The van der Waals surface area contributed by atoms with Crippen LogP contribution in [0, 0.1) is 24.7 Å². The van der Waals surface area contributed by atoms with Gasteiger partial charge in [-0.25, -0.2) is 31.6 Å². The smallest absolute Gasteiger partial charge is 0.337 e. The molecule has 0 fully saturated rings. The number of carboxylic acid groups (broad SMARTS) is 2. The molecule has 0 saturated heterocycles. The molecule has 2 aromatic rings. The maximum Gasteiger partial charge on any atom is 0.337 e. The molecule has 2 aromatic carbocycles. The fraction of sp³-hybridized carbons (Fsp3) is 0. The normalized spacial score (nSPS) is 10.8. The van der Waals surface area contributed by atoms with Gasteiger partial charge in [0, 0.05) is 21.8 Å². The van der Waals surface area contributed by atoms with Crippen LogP contribution in [0.5, 0.6) is 0 Å². The van der Waals surface area contributed by atoms with Gasteiger partial charge in [-0.05, 0) is 24.3 Å². The highest BCUT2D eigenvalue weighted by atomic mass is 35.7. The maximum atomic E-state index is 11.1. The lowest BCUT2D eigenvalue weighted by atomic mass is 10.1. The topological polar surface area (TPSA) is 169 Å². The molecule has 0 spiro atoms. The van der Waals surface area contributed by atoms with E-state index in [0.717, 1.165) is 24.3 Å². The first kappa shape index (κ1) is 27.3. The molecule has 2 rings (SSSR count). The fourth-order valence-corrected chi connectivity index (χ4v) is 4.72.